The summed E-state index contributed by atoms with van der Waals surface area (Å²) in [5.74, 6) is 1.31. The van der Waals surface area contributed by atoms with Crippen LogP contribution in [-0.2, 0) is 19.0 Å². The average molecular weight is 558 g/mol. The second-order valence-electron chi connectivity index (χ2n) is 11.5. The zero-order chi connectivity index (χ0) is 26.6. The van der Waals surface area contributed by atoms with Crippen LogP contribution < -0.4 is 0 Å². The Balaban J connectivity index is 1.45. The van der Waals surface area contributed by atoms with Gasteiger partial charge in [0.1, 0.15) is 0 Å². The van der Waals surface area contributed by atoms with Crippen LogP contribution >= 0.6 is 9.24 Å². The van der Waals surface area contributed by atoms with Crippen molar-refractivity contribution in [3.8, 4) is 0 Å². The molecule has 0 spiro atoms. The van der Waals surface area contributed by atoms with E-state index in [-0.39, 0.29) is 29.0 Å². The fraction of sp³-hybridized carbons (Fsp3) is 0.613. The Morgan fingerprint density at radius 3 is 1.89 bits per heavy atom. The third-order valence-corrected chi connectivity index (χ3v) is 10.7. The molecule has 0 amide bonds. The standard InChI is InChI=1S/C31H44NO4PS/c1-24-17-19-29(20-18-24)38(33,34)35-23-28-21-32(22-30(37)36-28)31(25-11-5-2-6-12-25,26-13-7-3-8-14-26)27-15-9-4-10-16-27/h5,7,9,11,13,15,17-20,25-28,30H,2-4,6,8,10,12,14,16,21-23,37H2,1H3/t25-,26-,27?,28?,30?/m0/s1. The van der Waals surface area contributed by atoms with Gasteiger partial charge in [0.15, 0.2) is 0 Å². The van der Waals surface area contributed by atoms with Gasteiger partial charge in [0.05, 0.1) is 23.5 Å². The average Bonchev–Trinajstić information content (AvgIpc) is 2.94. The van der Waals surface area contributed by atoms with Gasteiger partial charge in [-0.2, -0.15) is 8.42 Å². The SMILES string of the molecule is Cc1ccc(S(=O)(=O)OCC2CN(C(C3C=CCCC3)([C@H]3C=CCCC3)[C@H]3C=CCCC3)CC(P)O2)cc1. The summed E-state index contributed by atoms with van der Waals surface area (Å²) in [5, 5.41) is 0. The molecule has 0 N–H and O–H groups in total. The van der Waals surface area contributed by atoms with Crippen molar-refractivity contribution < 1.29 is 17.3 Å². The van der Waals surface area contributed by atoms with Crippen LogP contribution in [-0.4, -0.2) is 50.5 Å². The molecule has 3 aliphatic carbocycles. The van der Waals surface area contributed by atoms with Crippen LogP contribution in [0.4, 0.5) is 0 Å². The highest BCUT2D eigenvalue weighted by Gasteiger charge is 2.54. The fourth-order valence-electron chi connectivity index (χ4n) is 7.34. The predicted octanol–water partition coefficient (Wildman–Crippen LogP) is 6.41. The minimum absolute atomic E-state index is 0.0230. The molecule has 4 aliphatic rings. The molecule has 1 aliphatic heterocycles. The number of morpholine rings is 1. The van der Waals surface area contributed by atoms with Gasteiger partial charge in [-0.3, -0.25) is 9.08 Å². The first-order valence-electron chi connectivity index (χ1n) is 14.5. The van der Waals surface area contributed by atoms with Crippen molar-refractivity contribution in [2.45, 2.75) is 87.1 Å². The second kappa shape index (κ2) is 12.5. The molecule has 7 heteroatoms. The Morgan fingerprint density at radius 2 is 1.42 bits per heavy atom. The van der Waals surface area contributed by atoms with E-state index in [1.54, 1.807) is 24.3 Å². The van der Waals surface area contributed by atoms with E-state index >= 15 is 0 Å². The lowest BCUT2D eigenvalue weighted by molar-refractivity contribution is -0.132. The van der Waals surface area contributed by atoms with Gasteiger partial charge in [0.2, 0.25) is 0 Å². The smallest absolute Gasteiger partial charge is 0.297 e. The number of aryl methyl sites for hydroxylation is 1. The highest BCUT2D eigenvalue weighted by Crippen LogP contribution is 2.51. The summed E-state index contributed by atoms with van der Waals surface area (Å²) in [7, 11) is -0.983. The highest BCUT2D eigenvalue weighted by atomic mass is 32.2. The molecule has 5 nitrogen and oxygen atoms in total. The van der Waals surface area contributed by atoms with Crippen LogP contribution in [0.5, 0.6) is 0 Å². The number of rotatable bonds is 8. The summed E-state index contributed by atoms with van der Waals surface area (Å²) in [6, 6.07) is 6.83. The Hall–Kier alpha value is -1.30. The van der Waals surface area contributed by atoms with E-state index in [1.807, 2.05) is 6.92 Å². The molecule has 0 aromatic heterocycles. The van der Waals surface area contributed by atoms with Gasteiger partial charge in [-0.25, -0.2) is 0 Å². The molecule has 6 atom stereocenters. The summed E-state index contributed by atoms with van der Waals surface area (Å²) >= 11 is 0. The van der Waals surface area contributed by atoms with E-state index < -0.39 is 10.1 Å². The maximum Gasteiger partial charge on any atom is 0.297 e. The van der Waals surface area contributed by atoms with Crippen LogP contribution in [0.1, 0.15) is 63.4 Å². The van der Waals surface area contributed by atoms with Crippen molar-refractivity contribution in [1.29, 1.82) is 0 Å². The van der Waals surface area contributed by atoms with Gasteiger partial charge in [0.25, 0.3) is 10.1 Å². The maximum atomic E-state index is 13.0. The number of nitrogens with zero attached hydrogens (tertiary/aromatic N) is 1. The van der Waals surface area contributed by atoms with Crippen LogP contribution in [0.2, 0.25) is 0 Å². The summed E-state index contributed by atoms with van der Waals surface area (Å²) in [6.45, 7) is 3.46. The van der Waals surface area contributed by atoms with Crippen molar-refractivity contribution in [3.63, 3.8) is 0 Å². The molecule has 1 heterocycles. The number of ether oxygens (including phenoxy) is 1. The van der Waals surface area contributed by atoms with E-state index in [0.29, 0.717) is 24.3 Å². The van der Waals surface area contributed by atoms with Crippen molar-refractivity contribution >= 4 is 19.4 Å². The molecule has 0 saturated carbocycles. The van der Waals surface area contributed by atoms with Crippen LogP contribution in [0.15, 0.2) is 65.6 Å². The number of hydrogen-bond donors (Lipinski definition) is 0. The lowest BCUT2D eigenvalue weighted by atomic mass is 9.58. The van der Waals surface area contributed by atoms with Gasteiger partial charge in [0, 0.05) is 18.6 Å². The molecular weight excluding hydrogens is 513 g/mol. The minimum atomic E-state index is -3.85. The molecule has 1 saturated heterocycles. The third-order valence-electron chi connectivity index (χ3n) is 9.00. The minimum Gasteiger partial charge on any atom is -0.366 e. The second-order valence-corrected chi connectivity index (χ2v) is 13.9. The molecule has 38 heavy (non-hydrogen) atoms. The Labute approximate surface area is 232 Å². The van der Waals surface area contributed by atoms with Gasteiger partial charge in [-0.1, -0.05) is 54.2 Å². The Morgan fingerprint density at radius 1 is 0.895 bits per heavy atom. The van der Waals surface area contributed by atoms with E-state index in [0.717, 1.165) is 31.4 Å². The van der Waals surface area contributed by atoms with E-state index in [1.165, 1.54) is 38.5 Å². The molecule has 0 radical (unpaired) electrons. The van der Waals surface area contributed by atoms with Crippen molar-refractivity contribution in [3.05, 3.63) is 66.3 Å². The largest absolute Gasteiger partial charge is 0.366 e. The first-order valence-corrected chi connectivity index (χ1v) is 16.6. The third kappa shape index (κ3) is 6.05. The Kier molecular flexibility index (Phi) is 9.27. The lowest BCUT2D eigenvalue weighted by Crippen LogP contribution is -2.67. The van der Waals surface area contributed by atoms with E-state index in [4.69, 9.17) is 8.92 Å². The van der Waals surface area contributed by atoms with Crippen LogP contribution in [0.3, 0.4) is 0 Å². The lowest BCUT2D eigenvalue weighted by Gasteiger charge is -2.59. The molecule has 1 fully saturated rings. The molecule has 208 valence electrons. The topological polar surface area (TPSA) is 55.8 Å². The first-order chi connectivity index (χ1) is 18.4. The van der Waals surface area contributed by atoms with Crippen LogP contribution in [0, 0.1) is 24.7 Å². The van der Waals surface area contributed by atoms with Crippen molar-refractivity contribution in [1.82, 2.24) is 4.90 Å². The zero-order valence-electron chi connectivity index (χ0n) is 22.7. The maximum absolute atomic E-state index is 13.0. The normalized spacial score (nSPS) is 30.9. The quantitative estimate of drug-likeness (QED) is 0.210. The molecule has 5 rings (SSSR count). The Bertz CT molecular complexity index is 1070. The summed E-state index contributed by atoms with van der Waals surface area (Å²) in [5.41, 5.74) is 0.972. The fourth-order valence-corrected chi connectivity index (χ4v) is 8.75. The molecule has 1 aromatic rings. The van der Waals surface area contributed by atoms with Gasteiger partial charge in [-0.15, -0.1) is 9.24 Å². The molecule has 0 bridgehead atoms. The summed E-state index contributed by atoms with van der Waals surface area (Å²) < 4.78 is 37.8. The predicted molar refractivity (Wildman–Crippen MR) is 156 cm³/mol. The number of benzene rings is 1. The van der Waals surface area contributed by atoms with Gasteiger partial charge in [-0.05, 0) is 94.6 Å². The van der Waals surface area contributed by atoms with Gasteiger partial charge < -0.3 is 4.74 Å². The zero-order valence-corrected chi connectivity index (χ0v) is 24.7. The van der Waals surface area contributed by atoms with E-state index in [2.05, 4.69) is 50.6 Å². The van der Waals surface area contributed by atoms with Gasteiger partial charge >= 0.3 is 0 Å². The van der Waals surface area contributed by atoms with E-state index in [9.17, 15) is 8.42 Å². The number of hydrogen-bond acceptors (Lipinski definition) is 5. The van der Waals surface area contributed by atoms with Crippen molar-refractivity contribution in [2.24, 2.45) is 17.8 Å². The first kappa shape index (κ1) is 28.2. The summed E-state index contributed by atoms with van der Waals surface area (Å²) in [6.07, 6.45) is 25.2. The number of allylic oxidation sites excluding steroid dienone is 3. The monoisotopic (exact) mass is 557 g/mol. The molecular formula is C31H44NO4PS. The molecule has 1 aromatic carbocycles. The van der Waals surface area contributed by atoms with Crippen molar-refractivity contribution in [2.75, 3.05) is 19.7 Å². The van der Waals surface area contributed by atoms with Crippen LogP contribution in [0.25, 0.3) is 0 Å². The molecule has 4 unspecified atom stereocenters. The highest BCUT2D eigenvalue weighted by molar-refractivity contribution is 7.86. The summed E-state index contributed by atoms with van der Waals surface area (Å²) in [4.78, 5) is 2.89.